The van der Waals surface area contributed by atoms with Crippen LogP contribution in [0, 0.1) is 0 Å². The molecule has 0 radical (unpaired) electrons. The average Bonchev–Trinajstić information content (AvgIpc) is 2.51. The lowest BCUT2D eigenvalue weighted by molar-refractivity contribution is -0.133. The maximum absolute atomic E-state index is 11.8. The van der Waals surface area contributed by atoms with Gasteiger partial charge in [0.15, 0.2) is 0 Å². The molecule has 1 saturated heterocycles. The minimum Gasteiger partial charge on any atom is -0.337 e. The van der Waals surface area contributed by atoms with Crippen LogP contribution in [0.5, 0.6) is 0 Å². The maximum Gasteiger partial charge on any atom is 0.222 e. The Morgan fingerprint density at radius 3 is 2.55 bits per heavy atom. The van der Waals surface area contributed by atoms with Crippen molar-refractivity contribution >= 4 is 5.91 Å². The Bertz CT molecular complexity index is 578. The zero-order chi connectivity index (χ0) is 13.8. The molecule has 1 aromatic carbocycles. The van der Waals surface area contributed by atoms with E-state index in [9.17, 15) is 4.79 Å². The maximum atomic E-state index is 11.8. The van der Waals surface area contributed by atoms with Crippen LogP contribution in [-0.2, 0) is 11.3 Å². The van der Waals surface area contributed by atoms with Crippen LogP contribution in [0.15, 0.2) is 48.7 Å². The fourth-order valence-corrected chi connectivity index (χ4v) is 2.54. The number of rotatable bonds is 3. The van der Waals surface area contributed by atoms with E-state index < -0.39 is 0 Å². The third-order valence-corrected chi connectivity index (χ3v) is 3.71. The van der Waals surface area contributed by atoms with Crippen LogP contribution in [0.2, 0.25) is 0 Å². The van der Waals surface area contributed by atoms with E-state index in [0.29, 0.717) is 13.0 Å². The minimum atomic E-state index is 0.255. The van der Waals surface area contributed by atoms with Gasteiger partial charge in [-0.05, 0) is 24.5 Å². The first-order valence-electron chi connectivity index (χ1n) is 7.11. The van der Waals surface area contributed by atoms with Gasteiger partial charge in [0.25, 0.3) is 0 Å². The van der Waals surface area contributed by atoms with Gasteiger partial charge < -0.3 is 4.90 Å². The van der Waals surface area contributed by atoms with Crippen LogP contribution in [0.3, 0.4) is 0 Å². The van der Waals surface area contributed by atoms with Crippen molar-refractivity contribution in [3.05, 3.63) is 54.4 Å². The number of carbonyl (C=O) groups excluding carboxylic acids is 1. The second-order valence-electron chi connectivity index (χ2n) is 5.18. The predicted molar refractivity (Wildman–Crippen MR) is 78.9 cm³/mol. The van der Waals surface area contributed by atoms with Gasteiger partial charge in [0.2, 0.25) is 5.91 Å². The van der Waals surface area contributed by atoms with Gasteiger partial charge in [-0.15, -0.1) is 0 Å². The van der Waals surface area contributed by atoms with Gasteiger partial charge in [-0.25, -0.2) is 0 Å². The van der Waals surface area contributed by atoms with E-state index in [4.69, 9.17) is 0 Å². The van der Waals surface area contributed by atoms with Crippen LogP contribution in [0.25, 0.3) is 11.1 Å². The highest BCUT2D eigenvalue weighted by molar-refractivity contribution is 5.76. The molecule has 1 fully saturated rings. The molecule has 20 heavy (non-hydrogen) atoms. The Morgan fingerprint density at radius 1 is 1.00 bits per heavy atom. The number of carbonyl (C=O) groups is 1. The molecule has 3 heteroatoms. The quantitative estimate of drug-likeness (QED) is 0.854. The Morgan fingerprint density at radius 2 is 1.85 bits per heavy atom. The summed E-state index contributed by atoms with van der Waals surface area (Å²) in [5.74, 6) is 0.255. The summed E-state index contributed by atoms with van der Waals surface area (Å²) in [6, 6.07) is 14.3. The largest absolute Gasteiger partial charge is 0.337 e. The van der Waals surface area contributed by atoms with Crippen molar-refractivity contribution in [2.45, 2.75) is 25.8 Å². The van der Waals surface area contributed by atoms with Crippen LogP contribution in [-0.4, -0.2) is 22.3 Å². The highest BCUT2D eigenvalue weighted by Crippen LogP contribution is 2.19. The lowest BCUT2D eigenvalue weighted by atomic mass is 10.1. The number of pyridine rings is 1. The molecular weight excluding hydrogens is 248 g/mol. The first-order chi connectivity index (χ1) is 9.83. The monoisotopic (exact) mass is 266 g/mol. The smallest absolute Gasteiger partial charge is 0.222 e. The first-order valence-corrected chi connectivity index (χ1v) is 7.11. The topological polar surface area (TPSA) is 33.2 Å². The molecule has 2 aromatic rings. The molecule has 0 atom stereocenters. The molecule has 102 valence electrons. The molecule has 1 amide bonds. The molecule has 1 aromatic heterocycles. The molecule has 2 heterocycles. The second-order valence-corrected chi connectivity index (χ2v) is 5.18. The Kier molecular flexibility index (Phi) is 3.77. The molecule has 0 saturated carbocycles. The van der Waals surface area contributed by atoms with Crippen molar-refractivity contribution in [2.24, 2.45) is 0 Å². The van der Waals surface area contributed by atoms with Gasteiger partial charge in [0.05, 0.1) is 12.2 Å². The standard InChI is InChI=1S/C17H18N2O/c20-17-8-4-5-11-19(17)13-16-10-9-15(12-18-16)14-6-2-1-3-7-14/h1-3,6-7,9-10,12H,4-5,8,11,13H2. The number of aromatic nitrogens is 1. The van der Waals surface area contributed by atoms with Crippen molar-refractivity contribution in [3.63, 3.8) is 0 Å². The minimum absolute atomic E-state index is 0.255. The molecule has 0 spiro atoms. The Labute approximate surface area is 119 Å². The van der Waals surface area contributed by atoms with Crippen LogP contribution >= 0.6 is 0 Å². The Hall–Kier alpha value is -2.16. The van der Waals surface area contributed by atoms with E-state index >= 15 is 0 Å². The number of likely N-dealkylation sites (tertiary alicyclic amines) is 1. The number of hydrogen-bond donors (Lipinski definition) is 0. The molecule has 0 unspecified atom stereocenters. The van der Waals surface area contributed by atoms with Gasteiger partial charge in [0.1, 0.15) is 0 Å². The van der Waals surface area contributed by atoms with E-state index in [2.05, 4.69) is 23.2 Å². The van der Waals surface area contributed by atoms with E-state index in [1.54, 1.807) is 0 Å². The van der Waals surface area contributed by atoms with Crippen molar-refractivity contribution in [1.29, 1.82) is 0 Å². The fourth-order valence-electron chi connectivity index (χ4n) is 2.54. The highest BCUT2D eigenvalue weighted by Gasteiger charge is 2.18. The zero-order valence-corrected chi connectivity index (χ0v) is 11.5. The summed E-state index contributed by atoms with van der Waals surface area (Å²) in [6.45, 7) is 1.49. The van der Waals surface area contributed by atoms with Crippen molar-refractivity contribution in [2.75, 3.05) is 6.54 Å². The van der Waals surface area contributed by atoms with Gasteiger partial charge in [-0.3, -0.25) is 9.78 Å². The molecule has 0 bridgehead atoms. The lowest BCUT2D eigenvalue weighted by Gasteiger charge is -2.26. The third-order valence-electron chi connectivity index (χ3n) is 3.71. The number of benzene rings is 1. The SMILES string of the molecule is O=C1CCCCN1Cc1ccc(-c2ccccc2)cn1. The molecule has 1 aliphatic heterocycles. The lowest BCUT2D eigenvalue weighted by Crippen LogP contribution is -2.34. The van der Waals surface area contributed by atoms with Gasteiger partial charge in [-0.1, -0.05) is 36.4 Å². The molecule has 3 rings (SSSR count). The normalized spacial score (nSPS) is 15.4. The number of nitrogens with zero attached hydrogens (tertiary/aromatic N) is 2. The van der Waals surface area contributed by atoms with Crippen molar-refractivity contribution < 1.29 is 4.79 Å². The molecule has 3 nitrogen and oxygen atoms in total. The molecule has 1 aliphatic rings. The predicted octanol–water partition coefficient (Wildman–Crippen LogP) is 3.26. The summed E-state index contributed by atoms with van der Waals surface area (Å²) in [7, 11) is 0. The number of hydrogen-bond acceptors (Lipinski definition) is 2. The van der Waals surface area contributed by atoms with E-state index in [0.717, 1.165) is 30.6 Å². The molecule has 0 aliphatic carbocycles. The van der Waals surface area contributed by atoms with Crippen molar-refractivity contribution in [3.8, 4) is 11.1 Å². The Balaban J connectivity index is 1.72. The summed E-state index contributed by atoms with van der Waals surface area (Å²) in [5.41, 5.74) is 3.24. The van der Waals surface area contributed by atoms with Gasteiger partial charge in [-0.2, -0.15) is 0 Å². The third kappa shape index (κ3) is 2.87. The highest BCUT2D eigenvalue weighted by atomic mass is 16.2. The van der Waals surface area contributed by atoms with E-state index in [1.807, 2.05) is 35.4 Å². The van der Waals surface area contributed by atoms with Gasteiger partial charge in [0, 0.05) is 24.7 Å². The van der Waals surface area contributed by atoms with Crippen LogP contribution in [0.4, 0.5) is 0 Å². The van der Waals surface area contributed by atoms with Crippen LogP contribution < -0.4 is 0 Å². The molecule has 0 N–H and O–H groups in total. The van der Waals surface area contributed by atoms with E-state index in [-0.39, 0.29) is 5.91 Å². The van der Waals surface area contributed by atoms with Crippen molar-refractivity contribution in [1.82, 2.24) is 9.88 Å². The second kappa shape index (κ2) is 5.87. The first kappa shape index (κ1) is 12.9. The van der Waals surface area contributed by atoms with Gasteiger partial charge >= 0.3 is 0 Å². The number of piperidine rings is 1. The van der Waals surface area contributed by atoms with E-state index in [1.165, 1.54) is 5.56 Å². The summed E-state index contributed by atoms with van der Waals surface area (Å²) in [5, 5.41) is 0. The zero-order valence-electron chi connectivity index (χ0n) is 11.5. The summed E-state index contributed by atoms with van der Waals surface area (Å²) in [4.78, 5) is 18.2. The summed E-state index contributed by atoms with van der Waals surface area (Å²) >= 11 is 0. The fraction of sp³-hybridized carbons (Fsp3) is 0.294. The average molecular weight is 266 g/mol. The molecular formula is C17H18N2O. The number of amides is 1. The summed E-state index contributed by atoms with van der Waals surface area (Å²) in [6.07, 6.45) is 4.70. The van der Waals surface area contributed by atoms with Crippen LogP contribution in [0.1, 0.15) is 25.0 Å². The summed E-state index contributed by atoms with van der Waals surface area (Å²) < 4.78 is 0.